The second-order valence-corrected chi connectivity index (χ2v) is 4.94. The Morgan fingerprint density at radius 1 is 1.20 bits per heavy atom. The normalized spacial score (nSPS) is 11.4. The average Bonchev–Trinajstić information content (AvgIpc) is 2.89. The first-order valence-corrected chi connectivity index (χ1v) is 6.49. The highest BCUT2D eigenvalue weighted by molar-refractivity contribution is 5.32. The molecule has 0 atom stereocenters. The van der Waals surface area contributed by atoms with Crippen LogP contribution in [0, 0.1) is 0 Å². The predicted octanol–water partition coefficient (Wildman–Crippen LogP) is 1.56. The van der Waals surface area contributed by atoms with Crippen molar-refractivity contribution in [3.8, 4) is 11.5 Å². The van der Waals surface area contributed by atoms with E-state index >= 15 is 0 Å². The predicted molar refractivity (Wildman–Crippen MR) is 75.7 cm³/mol. The zero-order valence-electron chi connectivity index (χ0n) is 12.0. The molecule has 2 aromatic rings. The van der Waals surface area contributed by atoms with Crippen LogP contribution in [0.1, 0.15) is 19.5 Å². The minimum Gasteiger partial charge on any atom is -0.497 e. The van der Waals surface area contributed by atoms with Gasteiger partial charge in [-0.1, -0.05) is 5.21 Å². The monoisotopic (exact) mass is 276 g/mol. The molecule has 6 nitrogen and oxygen atoms in total. The molecule has 0 radical (unpaired) electrons. The number of nitrogens with zero attached hydrogens (tertiary/aromatic N) is 3. The van der Waals surface area contributed by atoms with E-state index in [0.29, 0.717) is 13.1 Å². The van der Waals surface area contributed by atoms with Crippen LogP contribution < -0.4 is 15.2 Å². The highest BCUT2D eigenvalue weighted by Gasteiger charge is 2.26. The lowest BCUT2D eigenvalue weighted by Crippen LogP contribution is -2.25. The van der Waals surface area contributed by atoms with Gasteiger partial charge in [-0.25, -0.2) is 0 Å². The molecule has 0 aliphatic rings. The minimum absolute atomic E-state index is 0.530. The molecule has 1 aromatic heterocycles. The lowest BCUT2D eigenvalue weighted by Gasteiger charge is -2.24. The highest BCUT2D eigenvalue weighted by atomic mass is 16.5. The van der Waals surface area contributed by atoms with Crippen LogP contribution in [0.15, 0.2) is 30.5 Å². The number of ether oxygens (including phenoxy) is 2. The van der Waals surface area contributed by atoms with Crippen LogP contribution in [0.4, 0.5) is 0 Å². The number of methoxy groups -OCH3 is 1. The summed E-state index contributed by atoms with van der Waals surface area (Å²) in [5.74, 6) is 1.55. The third-order valence-electron chi connectivity index (χ3n) is 2.95. The molecule has 0 spiro atoms. The van der Waals surface area contributed by atoms with E-state index in [0.717, 1.165) is 17.2 Å². The van der Waals surface area contributed by atoms with Gasteiger partial charge in [0.25, 0.3) is 0 Å². The molecule has 2 N–H and O–H groups in total. The minimum atomic E-state index is -0.568. The van der Waals surface area contributed by atoms with Gasteiger partial charge < -0.3 is 15.2 Å². The third kappa shape index (κ3) is 3.27. The molecule has 2 rings (SSSR count). The fourth-order valence-electron chi connectivity index (χ4n) is 1.81. The fourth-order valence-corrected chi connectivity index (χ4v) is 1.81. The molecule has 0 unspecified atom stereocenters. The first-order chi connectivity index (χ1) is 9.55. The van der Waals surface area contributed by atoms with Gasteiger partial charge in [0, 0.05) is 6.54 Å². The van der Waals surface area contributed by atoms with Crippen molar-refractivity contribution in [3.05, 3.63) is 36.2 Å². The number of nitrogens with two attached hydrogens (primary N) is 1. The Morgan fingerprint density at radius 3 is 2.45 bits per heavy atom. The van der Waals surface area contributed by atoms with Crippen molar-refractivity contribution >= 4 is 0 Å². The van der Waals surface area contributed by atoms with Gasteiger partial charge in [-0.2, -0.15) is 0 Å². The van der Waals surface area contributed by atoms with Crippen LogP contribution in [0.3, 0.4) is 0 Å². The maximum Gasteiger partial charge on any atom is 0.149 e. The van der Waals surface area contributed by atoms with Crippen molar-refractivity contribution in [3.63, 3.8) is 0 Å². The lowest BCUT2D eigenvalue weighted by atomic mass is 10.1. The Balaban J connectivity index is 2.11. The molecule has 108 valence electrons. The molecular formula is C14H20N4O2. The average molecular weight is 276 g/mol. The fraction of sp³-hybridized carbons (Fsp3) is 0.429. The highest BCUT2D eigenvalue weighted by Crippen LogP contribution is 2.27. The van der Waals surface area contributed by atoms with E-state index in [2.05, 4.69) is 10.3 Å². The zero-order chi connectivity index (χ0) is 14.6. The van der Waals surface area contributed by atoms with E-state index in [1.165, 1.54) is 0 Å². The number of hydrogen-bond donors (Lipinski definition) is 1. The summed E-state index contributed by atoms with van der Waals surface area (Å²) in [7, 11) is 1.63. The summed E-state index contributed by atoms with van der Waals surface area (Å²) in [6, 6.07) is 7.45. The van der Waals surface area contributed by atoms with Crippen LogP contribution in [0.25, 0.3) is 0 Å². The molecule has 0 aliphatic heterocycles. The van der Waals surface area contributed by atoms with Gasteiger partial charge in [0.2, 0.25) is 0 Å². The second-order valence-electron chi connectivity index (χ2n) is 4.94. The van der Waals surface area contributed by atoms with E-state index in [1.54, 1.807) is 11.8 Å². The molecule has 0 aliphatic carbocycles. The van der Waals surface area contributed by atoms with Crippen LogP contribution in [0.5, 0.6) is 11.5 Å². The summed E-state index contributed by atoms with van der Waals surface area (Å²) in [5.41, 5.74) is 5.70. The zero-order valence-corrected chi connectivity index (χ0v) is 12.0. The van der Waals surface area contributed by atoms with Gasteiger partial charge >= 0.3 is 0 Å². The largest absolute Gasteiger partial charge is 0.497 e. The molecule has 0 amide bonds. The standard InChI is InChI=1S/C14H20N4O2/c1-14(2,13-10-18(9-8-15)17-16-13)20-12-6-4-11(19-3)5-7-12/h4-7,10H,8-9,15H2,1-3H3. The summed E-state index contributed by atoms with van der Waals surface area (Å²) in [6.45, 7) is 5.08. The Labute approximate surface area is 118 Å². The number of rotatable bonds is 6. The van der Waals surface area contributed by atoms with Crippen molar-refractivity contribution in [1.29, 1.82) is 0 Å². The molecule has 1 heterocycles. The van der Waals surface area contributed by atoms with Crippen LogP contribution in [-0.2, 0) is 12.1 Å². The molecule has 0 bridgehead atoms. The van der Waals surface area contributed by atoms with E-state index in [4.69, 9.17) is 15.2 Å². The maximum absolute atomic E-state index is 5.98. The van der Waals surface area contributed by atoms with Gasteiger partial charge in [0.1, 0.15) is 22.8 Å². The van der Waals surface area contributed by atoms with Gasteiger partial charge in [0.15, 0.2) is 0 Å². The van der Waals surface area contributed by atoms with Crippen molar-refractivity contribution < 1.29 is 9.47 Å². The summed E-state index contributed by atoms with van der Waals surface area (Å²) in [6.07, 6.45) is 1.86. The Bertz CT molecular complexity index is 549. The van der Waals surface area contributed by atoms with Gasteiger partial charge in [-0.15, -0.1) is 5.10 Å². The molecule has 0 fully saturated rings. The number of hydrogen-bond acceptors (Lipinski definition) is 5. The second kappa shape index (κ2) is 5.92. The quantitative estimate of drug-likeness (QED) is 0.866. The maximum atomic E-state index is 5.98. The molecule has 0 saturated heterocycles. The summed E-state index contributed by atoms with van der Waals surface area (Å²) in [4.78, 5) is 0. The Morgan fingerprint density at radius 2 is 1.85 bits per heavy atom. The van der Waals surface area contributed by atoms with Crippen LogP contribution in [-0.4, -0.2) is 28.6 Å². The lowest BCUT2D eigenvalue weighted by molar-refractivity contribution is 0.103. The third-order valence-corrected chi connectivity index (χ3v) is 2.95. The van der Waals surface area contributed by atoms with Crippen molar-refractivity contribution in [2.45, 2.75) is 26.0 Å². The van der Waals surface area contributed by atoms with Crippen molar-refractivity contribution in [2.24, 2.45) is 5.73 Å². The molecule has 0 saturated carbocycles. The Kier molecular flexibility index (Phi) is 4.24. The van der Waals surface area contributed by atoms with Gasteiger partial charge in [0.05, 0.1) is 19.9 Å². The van der Waals surface area contributed by atoms with Crippen LogP contribution in [0.2, 0.25) is 0 Å². The van der Waals surface area contributed by atoms with Crippen LogP contribution >= 0.6 is 0 Å². The summed E-state index contributed by atoms with van der Waals surface area (Å²) >= 11 is 0. The SMILES string of the molecule is COc1ccc(OC(C)(C)c2cn(CCN)nn2)cc1. The molecule has 6 heteroatoms. The van der Waals surface area contributed by atoms with E-state index in [-0.39, 0.29) is 0 Å². The summed E-state index contributed by atoms with van der Waals surface area (Å²) < 4.78 is 12.8. The number of benzene rings is 1. The van der Waals surface area contributed by atoms with Gasteiger partial charge in [-0.3, -0.25) is 4.68 Å². The first-order valence-electron chi connectivity index (χ1n) is 6.49. The smallest absolute Gasteiger partial charge is 0.149 e. The molecule has 1 aromatic carbocycles. The topological polar surface area (TPSA) is 75.2 Å². The van der Waals surface area contributed by atoms with Crippen molar-refractivity contribution in [2.75, 3.05) is 13.7 Å². The van der Waals surface area contributed by atoms with E-state index in [9.17, 15) is 0 Å². The van der Waals surface area contributed by atoms with Gasteiger partial charge in [-0.05, 0) is 38.1 Å². The molecular weight excluding hydrogens is 256 g/mol. The van der Waals surface area contributed by atoms with E-state index in [1.807, 2.05) is 44.3 Å². The molecule has 20 heavy (non-hydrogen) atoms. The first kappa shape index (κ1) is 14.3. The van der Waals surface area contributed by atoms with E-state index < -0.39 is 5.60 Å². The van der Waals surface area contributed by atoms with Crippen molar-refractivity contribution in [1.82, 2.24) is 15.0 Å². The summed E-state index contributed by atoms with van der Waals surface area (Å²) in [5, 5.41) is 8.17. The Hall–Kier alpha value is -2.08. The number of aromatic nitrogens is 3.